The number of carbonyl (C=O) groups is 2. The maximum Gasteiger partial charge on any atom is 0.308 e. The summed E-state index contributed by atoms with van der Waals surface area (Å²) in [5, 5.41) is 0. The van der Waals surface area contributed by atoms with E-state index in [1.54, 1.807) is 0 Å². The van der Waals surface area contributed by atoms with Crippen LogP contribution in [0.25, 0.3) is 0 Å². The standard InChI is InChI=1S/C41H80O4/c1-7-13-17-21-23-27-31-37(29-25-19-15-9-3)39(42)44-35-33-41(11-5,12-6)34-36-45-40(43)38(30-26-20-16-10-4)32-28-24-22-18-14-8-2/h37-38H,7-36H2,1-6H3. The van der Waals surface area contributed by atoms with Gasteiger partial charge in [0.1, 0.15) is 0 Å². The summed E-state index contributed by atoms with van der Waals surface area (Å²) >= 11 is 0. The molecular formula is C41H80O4. The molecule has 0 aliphatic heterocycles. The Morgan fingerprint density at radius 1 is 0.422 bits per heavy atom. The Morgan fingerprint density at radius 2 is 0.689 bits per heavy atom. The van der Waals surface area contributed by atoms with E-state index in [1.165, 1.54) is 103 Å². The number of hydrogen-bond donors (Lipinski definition) is 0. The van der Waals surface area contributed by atoms with Gasteiger partial charge in [-0.2, -0.15) is 0 Å². The Hall–Kier alpha value is -1.06. The van der Waals surface area contributed by atoms with Crippen LogP contribution in [0.5, 0.6) is 0 Å². The zero-order valence-electron chi connectivity index (χ0n) is 31.5. The Bertz CT molecular complexity index is 604. The number of carbonyl (C=O) groups excluding carboxylic acids is 2. The van der Waals surface area contributed by atoms with Gasteiger partial charge in [0.05, 0.1) is 25.0 Å². The lowest BCUT2D eigenvalue weighted by Crippen LogP contribution is -2.27. The minimum Gasteiger partial charge on any atom is -0.465 e. The van der Waals surface area contributed by atoms with Crippen molar-refractivity contribution in [1.29, 1.82) is 0 Å². The molecule has 0 amide bonds. The average molecular weight is 637 g/mol. The zero-order valence-corrected chi connectivity index (χ0v) is 31.5. The van der Waals surface area contributed by atoms with Gasteiger partial charge in [-0.1, -0.05) is 183 Å². The molecule has 45 heavy (non-hydrogen) atoms. The molecule has 0 heterocycles. The molecule has 0 spiro atoms. The summed E-state index contributed by atoms with van der Waals surface area (Å²) in [6.45, 7) is 14.4. The molecule has 0 aromatic rings. The van der Waals surface area contributed by atoms with Crippen LogP contribution in [0.4, 0.5) is 0 Å². The molecule has 0 fully saturated rings. The first-order valence-electron chi connectivity index (χ1n) is 20.3. The third kappa shape index (κ3) is 23.8. The monoisotopic (exact) mass is 637 g/mol. The van der Waals surface area contributed by atoms with Crippen molar-refractivity contribution in [2.75, 3.05) is 13.2 Å². The van der Waals surface area contributed by atoms with Gasteiger partial charge in [-0.15, -0.1) is 0 Å². The topological polar surface area (TPSA) is 52.6 Å². The smallest absolute Gasteiger partial charge is 0.308 e. The van der Waals surface area contributed by atoms with Crippen molar-refractivity contribution in [2.45, 2.75) is 221 Å². The van der Waals surface area contributed by atoms with Crippen LogP contribution in [0, 0.1) is 17.3 Å². The number of hydrogen-bond acceptors (Lipinski definition) is 4. The summed E-state index contributed by atoms with van der Waals surface area (Å²) in [5.74, 6) is 0.140. The maximum absolute atomic E-state index is 13.2. The van der Waals surface area contributed by atoms with Crippen LogP contribution in [0.15, 0.2) is 0 Å². The molecule has 0 saturated heterocycles. The van der Waals surface area contributed by atoms with Crippen LogP contribution in [0.1, 0.15) is 221 Å². The van der Waals surface area contributed by atoms with E-state index in [1.807, 2.05) is 0 Å². The molecule has 2 unspecified atom stereocenters. The first-order valence-corrected chi connectivity index (χ1v) is 20.3. The highest BCUT2D eigenvalue weighted by Crippen LogP contribution is 2.35. The van der Waals surface area contributed by atoms with Crippen LogP contribution in [-0.2, 0) is 19.1 Å². The van der Waals surface area contributed by atoms with Gasteiger partial charge in [-0.3, -0.25) is 9.59 Å². The molecule has 2 atom stereocenters. The van der Waals surface area contributed by atoms with E-state index < -0.39 is 0 Å². The lowest BCUT2D eigenvalue weighted by molar-refractivity contribution is -0.150. The van der Waals surface area contributed by atoms with Gasteiger partial charge in [0.25, 0.3) is 0 Å². The van der Waals surface area contributed by atoms with E-state index in [9.17, 15) is 9.59 Å². The van der Waals surface area contributed by atoms with Gasteiger partial charge in [0.2, 0.25) is 0 Å². The second-order valence-corrected chi connectivity index (χ2v) is 14.2. The van der Waals surface area contributed by atoms with Crippen molar-refractivity contribution in [3.05, 3.63) is 0 Å². The summed E-state index contributed by atoms with van der Waals surface area (Å²) in [4.78, 5) is 26.4. The van der Waals surface area contributed by atoms with Crippen molar-refractivity contribution in [1.82, 2.24) is 0 Å². The summed E-state index contributed by atoms with van der Waals surface area (Å²) < 4.78 is 12.0. The third-order valence-electron chi connectivity index (χ3n) is 10.5. The van der Waals surface area contributed by atoms with Gasteiger partial charge in [-0.25, -0.2) is 0 Å². The summed E-state index contributed by atoms with van der Waals surface area (Å²) in [6.07, 6.45) is 32.3. The fourth-order valence-electron chi connectivity index (χ4n) is 6.79. The number of esters is 2. The van der Waals surface area contributed by atoms with E-state index >= 15 is 0 Å². The Balaban J connectivity index is 4.87. The number of ether oxygens (including phenoxy) is 2. The minimum atomic E-state index is 0.0215. The normalized spacial score (nSPS) is 13.1. The van der Waals surface area contributed by atoms with Gasteiger partial charge < -0.3 is 9.47 Å². The van der Waals surface area contributed by atoms with Crippen LogP contribution < -0.4 is 0 Å². The highest BCUT2D eigenvalue weighted by molar-refractivity contribution is 5.72. The van der Waals surface area contributed by atoms with Gasteiger partial charge >= 0.3 is 11.9 Å². The van der Waals surface area contributed by atoms with Gasteiger partial charge in [0.15, 0.2) is 0 Å². The Kier molecular flexibility index (Phi) is 30.8. The van der Waals surface area contributed by atoms with E-state index in [2.05, 4.69) is 41.5 Å². The molecule has 0 N–H and O–H groups in total. The van der Waals surface area contributed by atoms with Crippen molar-refractivity contribution in [2.24, 2.45) is 17.3 Å². The molecule has 0 saturated carbocycles. The van der Waals surface area contributed by atoms with Crippen molar-refractivity contribution >= 4 is 11.9 Å². The lowest BCUT2D eigenvalue weighted by atomic mass is 9.77. The summed E-state index contributed by atoms with van der Waals surface area (Å²) in [5.41, 5.74) is 0.0480. The van der Waals surface area contributed by atoms with Crippen LogP contribution >= 0.6 is 0 Å². The van der Waals surface area contributed by atoms with E-state index in [0.29, 0.717) is 13.2 Å². The van der Waals surface area contributed by atoms with Crippen molar-refractivity contribution in [3.63, 3.8) is 0 Å². The second-order valence-electron chi connectivity index (χ2n) is 14.2. The molecule has 0 aliphatic carbocycles. The molecule has 0 aliphatic rings. The quantitative estimate of drug-likeness (QED) is 0.0521. The number of unbranched alkanes of at least 4 members (excludes halogenated alkanes) is 16. The molecule has 0 aromatic heterocycles. The highest BCUT2D eigenvalue weighted by atomic mass is 16.5. The first-order chi connectivity index (χ1) is 21.9. The predicted octanol–water partition coefficient (Wildman–Crippen LogP) is 13.3. The molecular weight excluding hydrogens is 556 g/mol. The fraction of sp³-hybridized carbons (Fsp3) is 0.951. The van der Waals surface area contributed by atoms with E-state index in [-0.39, 0.29) is 29.2 Å². The predicted molar refractivity (Wildman–Crippen MR) is 195 cm³/mol. The molecule has 4 nitrogen and oxygen atoms in total. The van der Waals surface area contributed by atoms with Crippen LogP contribution in [0.3, 0.4) is 0 Å². The average Bonchev–Trinajstić information content (AvgIpc) is 3.05. The zero-order chi connectivity index (χ0) is 33.4. The van der Waals surface area contributed by atoms with E-state index in [4.69, 9.17) is 9.47 Å². The van der Waals surface area contributed by atoms with Crippen LogP contribution in [-0.4, -0.2) is 25.2 Å². The largest absolute Gasteiger partial charge is 0.465 e. The van der Waals surface area contributed by atoms with E-state index in [0.717, 1.165) is 77.0 Å². The van der Waals surface area contributed by atoms with Gasteiger partial charge in [0, 0.05) is 0 Å². The fourth-order valence-corrected chi connectivity index (χ4v) is 6.79. The van der Waals surface area contributed by atoms with Crippen LogP contribution in [0.2, 0.25) is 0 Å². The van der Waals surface area contributed by atoms with Crippen molar-refractivity contribution in [3.8, 4) is 0 Å². The molecule has 0 radical (unpaired) electrons. The summed E-state index contributed by atoms with van der Waals surface area (Å²) in [6, 6.07) is 0. The molecule has 268 valence electrons. The molecule has 0 rings (SSSR count). The third-order valence-corrected chi connectivity index (χ3v) is 10.5. The second kappa shape index (κ2) is 31.5. The highest BCUT2D eigenvalue weighted by Gasteiger charge is 2.29. The molecule has 0 bridgehead atoms. The SMILES string of the molecule is CCCCCCCCC(CCCCCC)C(=O)OCCC(CC)(CC)CCOC(=O)C(CCCCCC)CCCCCCCC. The lowest BCUT2D eigenvalue weighted by Gasteiger charge is -2.32. The Morgan fingerprint density at radius 3 is 0.978 bits per heavy atom. The maximum atomic E-state index is 13.2. The molecule has 0 aromatic carbocycles. The van der Waals surface area contributed by atoms with Gasteiger partial charge in [-0.05, 0) is 43.9 Å². The Labute approximate surface area is 282 Å². The first kappa shape index (κ1) is 43.9. The van der Waals surface area contributed by atoms with Crippen molar-refractivity contribution < 1.29 is 19.1 Å². The molecule has 4 heteroatoms. The minimum absolute atomic E-state index is 0.0215. The summed E-state index contributed by atoms with van der Waals surface area (Å²) in [7, 11) is 0. The number of rotatable bonds is 34.